The molecule has 0 saturated heterocycles. The molecule has 0 saturated carbocycles. The molecule has 2 rings (SSSR count). The van der Waals surface area contributed by atoms with Crippen LogP contribution in [-0.2, 0) is 0 Å². The summed E-state index contributed by atoms with van der Waals surface area (Å²) in [5.74, 6) is -4.84. The van der Waals surface area contributed by atoms with Crippen LogP contribution in [0.4, 0.5) is 18.9 Å². The van der Waals surface area contributed by atoms with E-state index in [1.807, 2.05) is 0 Å². The van der Waals surface area contributed by atoms with Gasteiger partial charge in [0.2, 0.25) is 0 Å². The van der Waals surface area contributed by atoms with E-state index in [9.17, 15) is 18.0 Å². The minimum atomic E-state index is -1.57. The molecule has 0 fully saturated rings. The average molecular weight is 344 g/mol. The summed E-state index contributed by atoms with van der Waals surface area (Å²) in [6, 6.07) is 6.49. The fourth-order valence-corrected chi connectivity index (χ4v) is 2.09. The number of anilines is 1. The molecule has 1 amide bonds. The molecule has 0 radical (unpaired) electrons. The monoisotopic (exact) mass is 343 g/mol. The Morgan fingerprint density at radius 2 is 1.75 bits per heavy atom. The molecule has 1 N–H and O–H groups in total. The van der Waals surface area contributed by atoms with Crippen LogP contribution in [0, 0.1) is 24.4 Å². The van der Waals surface area contributed by atoms with Gasteiger partial charge in [-0.3, -0.25) is 4.79 Å². The molecule has 0 aliphatic heterocycles. The molecule has 0 aliphatic carbocycles. The van der Waals surface area contributed by atoms with Crippen molar-refractivity contribution in [3.05, 3.63) is 63.4 Å². The lowest BCUT2D eigenvalue weighted by molar-refractivity contribution is 0.102. The average Bonchev–Trinajstić information content (AvgIpc) is 2.39. The molecular weight excluding hydrogens is 335 g/mol. The van der Waals surface area contributed by atoms with Gasteiger partial charge in [-0.25, -0.2) is 13.2 Å². The fourth-order valence-electron chi connectivity index (χ4n) is 1.65. The first-order chi connectivity index (χ1) is 9.40. The van der Waals surface area contributed by atoms with Crippen molar-refractivity contribution in [1.29, 1.82) is 0 Å². The van der Waals surface area contributed by atoms with E-state index in [1.54, 1.807) is 25.1 Å². The molecule has 0 atom stereocenters. The van der Waals surface area contributed by atoms with Gasteiger partial charge in [0.15, 0.2) is 17.5 Å². The molecule has 6 heteroatoms. The Morgan fingerprint density at radius 1 is 1.15 bits per heavy atom. The lowest BCUT2D eigenvalue weighted by Gasteiger charge is -2.09. The predicted molar refractivity (Wildman–Crippen MR) is 73.1 cm³/mol. The molecule has 0 aliphatic rings. The molecule has 0 heterocycles. The molecule has 0 bridgehead atoms. The zero-order valence-electron chi connectivity index (χ0n) is 10.3. The molecule has 0 spiro atoms. The quantitative estimate of drug-likeness (QED) is 0.803. The third-order valence-electron chi connectivity index (χ3n) is 2.68. The van der Waals surface area contributed by atoms with Gasteiger partial charge in [0.25, 0.3) is 5.91 Å². The van der Waals surface area contributed by atoms with Crippen LogP contribution >= 0.6 is 15.9 Å². The smallest absolute Gasteiger partial charge is 0.256 e. The maximum absolute atomic E-state index is 13.1. The normalized spacial score (nSPS) is 10.4. The molecule has 0 aromatic heterocycles. The topological polar surface area (TPSA) is 29.1 Å². The van der Waals surface area contributed by atoms with Crippen LogP contribution in [0.3, 0.4) is 0 Å². The molecule has 0 unspecified atom stereocenters. The van der Waals surface area contributed by atoms with Crippen molar-refractivity contribution >= 4 is 27.5 Å². The van der Waals surface area contributed by atoms with Crippen LogP contribution < -0.4 is 5.32 Å². The fraction of sp³-hybridized carbons (Fsp3) is 0.0714. The van der Waals surface area contributed by atoms with Gasteiger partial charge in [-0.2, -0.15) is 0 Å². The molecule has 20 heavy (non-hydrogen) atoms. The highest BCUT2D eigenvalue weighted by Crippen LogP contribution is 2.23. The first-order valence-corrected chi connectivity index (χ1v) is 6.40. The summed E-state index contributed by atoms with van der Waals surface area (Å²) in [6.45, 7) is 1.80. The highest BCUT2D eigenvalue weighted by Gasteiger charge is 2.15. The van der Waals surface area contributed by atoms with E-state index in [4.69, 9.17) is 0 Å². The number of hydrogen-bond donors (Lipinski definition) is 1. The van der Waals surface area contributed by atoms with E-state index >= 15 is 0 Å². The molecule has 104 valence electrons. The summed E-state index contributed by atoms with van der Waals surface area (Å²) in [7, 11) is 0. The van der Waals surface area contributed by atoms with Crippen LogP contribution in [0.2, 0.25) is 0 Å². The third kappa shape index (κ3) is 2.85. The number of benzene rings is 2. The van der Waals surface area contributed by atoms with Gasteiger partial charge in [-0.15, -0.1) is 0 Å². The largest absolute Gasteiger partial charge is 0.322 e. The van der Waals surface area contributed by atoms with Crippen molar-refractivity contribution in [2.45, 2.75) is 6.92 Å². The number of carbonyl (C=O) groups is 1. The molecule has 2 nitrogen and oxygen atoms in total. The van der Waals surface area contributed by atoms with Gasteiger partial charge >= 0.3 is 0 Å². The summed E-state index contributed by atoms with van der Waals surface area (Å²) < 4.78 is 39.5. The number of aryl methyl sites for hydroxylation is 1. The lowest BCUT2D eigenvalue weighted by atomic mass is 10.1. The van der Waals surface area contributed by atoms with E-state index in [1.165, 1.54) is 0 Å². The highest BCUT2D eigenvalue weighted by molar-refractivity contribution is 9.10. The Labute approximate surface area is 121 Å². The number of amides is 1. The Balaban J connectivity index is 2.30. The molecule has 2 aromatic carbocycles. The standard InChI is InChI=1S/C14H9BrF3NO/c1-7-3-2-4-9(12(7)15)14(20)19-8-5-10(16)13(18)11(17)6-8/h2-6H,1H3,(H,19,20). The summed E-state index contributed by atoms with van der Waals surface area (Å²) in [5.41, 5.74) is 1.00. The van der Waals surface area contributed by atoms with Crippen molar-refractivity contribution < 1.29 is 18.0 Å². The lowest BCUT2D eigenvalue weighted by Crippen LogP contribution is -2.13. The van der Waals surface area contributed by atoms with Gasteiger partial charge in [0.1, 0.15) is 0 Å². The van der Waals surface area contributed by atoms with Gasteiger partial charge in [-0.05, 0) is 34.5 Å². The summed E-state index contributed by atoms with van der Waals surface area (Å²) in [4.78, 5) is 12.0. The van der Waals surface area contributed by atoms with Crippen LogP contribution in [-0.4, -0.2) is 5.91 Å². The summed E-state index contributed by atoms with van der Waals surface area (Å²) in [5, 5.41) is 2.32. The zero-order chi connectivity index (χ0) is 14.9. The minimum Gasteiger partial charge on any atom is -0.322 e. The van der Waals surface area contributed by atoms with Crippen LogP contribution in [0.5, 0.6) is 0 Å². The second kappa shape index (κ2) is 5.66. The Hall–Kier alpha value is -1.82. The van der Waals surface area contributed by atoms with Crippen molar-refractivity contribution in [1.82, 2.24) is 0 Å². The van der Waals surface area contributed by atoms with Crippen molar-refractivity contribution in [3.63, 3.8) is 0 Å². The van der Waals surface area contributed by atoms with Crippen molar-refractivity contribution in [3.8, 4) is 0 Å². The SMILES string of the molecule is Cc1cccc(C(=O)Nc2cc(F)c(F)c(F)c2)c1Br. The van der Waals surface area contributed by atoms with Crippen LogP contribution in [0.25, 0.3) is 0 Å². The summed E-state index contributed by atoms with van der Waals surface area (Å²) in [6.07, 6.45) is 0. The highest BCUT2D eigenvalue weighted by atomic mass is 79.9. The van der Waals surface area contributed by atoms with Crippen LogP contribution in [0.15, 0.2) is 34.8 Å². The number of hydrogen-bond acceptors (Lipinski definition) is 1. The Bertz CT molecular complexity index is 665. The van der Waals surface area contributed by atoms with Gasteiger partial charge in [0, 0.05) is 22.3 Å². The van der Waals surface area contributed by atoms with Gasteiger partial charge in [-0.1, -0.05) is 12.1 Å². The minimum absolute atomic E-state index is 0.153. The van der Waals surface area contributed by atoms with Crippen LogP contribution in [0.1, 0.15) is 15.9 Å². The molecule has 2 aromatic rings. The number of nitrogens with one attached hydrogen (secondary N) is 1. The number of carbonyl (C=O) groups excluding carboxylic acids is 1. The van der Waals surface area contributed by atoms with Crippen molar-refractivity contribution in [2.75, 3.05) is 5.32 Å². The Morgan fingerprint density at radius 3 is 2.35 bits per heavy atom. The second-order valence-electron chi connectivity index (χ2n) is 4.14. The maximum Gasteiger partial charge on any atom is 0.256 e. The molecular formula is C14H9BrF3NO. The first-order valence-electron chi connectivity index (χ1n) is 5.61. The predicted octanol–water partition coefficient (Wildman–Crippen LogP) is 4.43. The van der Waals surface area contributed by atoms with Gasteiger partial charge in [0.05, 0.1) is 5.56 Å². The summed E-state index contributed by atoms with van der Waals surface area (Å²) >= 11 is 3.27. The van der Waals surface area contributed by atoms with E-state index in [2.05, 4.69) is 21.2 Å². The zero-order valence-corrected chi connectivity index (χ0v) is 11.9. The van der Waals surface area contributed by atoms with Gasteiger partial charge < -0.3 is 5.32 Å². The van der Waals surface area contributed by atoms with E-state index in [0.29, 0.717) is 10.0 Å². The Kier molecular flexibility index (Phi) is 4.13. The maximum atomic E-state index is 13.1. The van der Waals surface area contributed by atoms with E-state index in [0.717, 1.165) is 17.7 Å². The third-order valence-corrected chi connectivity index (χ3v) is 3.73. The van der Waals surface area contributed by atoms with E-state index in [-0.39, 0.29) is 5.69 Å². The van der Waals surface area contributed by atoms with Crippen molar-refractivity contribution in [2.24, 2.45) is 0 Å². The number of halogens is 4. The first kappa shape index (κ1) is 14.6. The number of rotatable bonds is 2. The van der Waals surface area contributed by atoms with E-state index < -0.39 is 23.4 Å². The second-order valence-corrected chi connectivity index (χ2v) is 4.94.